The molecule has 0 bridgehead atoms. The average molecular weight is 377 g/mol. The van der Waals surface area contributed by atoms with Crippen molar-refractivity contribution >= 4 is 11.9 Å². The van der Waals surface area contributed by atoms with E-state index in [1.54, 1.807) is 43.7 Å². The fraction of sp³-hybridized carbons (Fsp3) is 0.238. The van der Waals surface area contributed by atoms with E-state index in [0.29, 0.717) is 24.7 Å². The smallest absolute Gasteiger partial charge is 0.272 e. The number of amides is 1. The van der Waals surface area contributed by atoms with Crippen molar-refractivity contribution in [3.05, 3.63) is 77.9 Å². The molecule has 2 heterocycles. The molecule has 1 aromatic carbocycles. The van der Waals surface area contributed by atoms with Crippen LogP contribution >= 0.6 is 0 Å². The lowest BCUT2D eigenvalue weighted by Crippen LogP contribution is -2.29. The van der Waals surface area contributed by atoms with Crippen molar-refractivity contribution in [1.82, 2.24) is 19.9 Å². The third-order valence-electron chi connectivity index (χ3n) is 4.32. The number of ether oxygens (including phenoxy) is 1. The molecule has 1 N–H and O–H groups in total. The van der Waals surface area contributed by atoms with Crippen LogP contribution in [0.2, 0.25) is 0 Å². The normalized spacial score (nSPS) is 10.4. The Hall–Kier alpha value is -3.48. The number of methoxy groups -OCH3 is 1. The first-order chi connectivity index (χ1) is 13.7. The number of likely N-dealkylation sites (N-methyl/N-ethyl adjacent to an activating group) is 1. The first kappa shape index (κ1) is 19.3. The Morgan fingerprint density at radius 3 is 2.50 bits per heavy atom. The zero-order valence-electron chi connectivity index (χ0n) is 16.0. The maximum Gasteiger partial charge on any atom is 0.272 e. The van der Waals surface area contributed by atoms with E-state index in [9.17, 15) is 4.79 Å². The molecule has 0 aliphatic carbocycles. The maximum atomic E-state index is 12.6. The minimum Gasteiger partial charge on any atom is -0.497 e. The topological polar surface area (TPSA) is 80.2 Å². The van der Waals surface area contributed by atoms with Gasteiger partial charge in [-0.25, -0.2) is 9.97 Å². The van der Waals surface area contributed by atoms with E-state index >= 15 is 0 Å². The third kappa shape index (κ3) is 5.26. The van der Waals surface area contributed by atoms with Crippen molar-refractivity contribution in [3.63, 3.8) is 0 Å². The van der Waals surface area contributed by atoms with E-state index in [2.05, 4.69) is 20.3 Å². The molecule has 144 valence electrons. The monoisotopic (exact) mass is 377 g/mol. The summed E-state index contributed by atoms with van der Waals surface area (Å²) in [5, 5.41) is 3.15. The van der Waals surface area contributed by atoms with Crippen LogP contribution in [0.25, 0.3) is 0 Å². The number of anilines is 1. The zero-order valence-corrected chi connectivity index (χ0v) is 16.0. The molecule has 0 spiro atoms. The van der Waals surface area contributed by atoms with Gasteiger partial charge in [-0.05, 0) is 47.9 Å². The van der Waals surface area contributed by atoms with E-state index < -0.39 is 0 Å². The molecule has 2 aromatic heterocycles. The number of hydrogen-bond acceptors (Lipinski definition) is 6. The first-order valence-electron chi connectivity index (χ1n) is 9.00. The Labute approximate surface area is 164 Å². The summed E-state index contributed by atoms with van der Waals surface area (Å²) in [6.07, 6.45) is 5.86. The molecule has 28 heavy (non-hydrogen) atoms. The number of aromatic nitrogens is 3. The van der Waals surface area contributed by atoms with Crippen LogP contribution in [-0.2, 0) is 13.0 Å². The van der Waals surface area contributed by atoms with Crippen LogP contribution < -0.4 is 10.1 Å². The highest BCUT2D eigenvalue weighted by atomic mass is 16.5. The molecule has 0 aliphatic rings. The summed E-state index contributed by atoms with van der Waals surface area (Å²) < 4.78 is 5.15. The van der Waals surface area contributed by atoms with E-state index in [1.165, 1.54) is 0 Å². The van der Waals surface area contributed by atoms with Crippen LogP contribution in [0, 0.1) is 0 Å². The highest BCUT2D eigenvalue weighted by Gasteiger charge is 2.14. The summed E-state index contributed by atoms with van der Waals surface area (Å²) in [5.74, 6) is 1.09. The van der Waals surface area contributed by atoms with Gasteiger partial charge in [-0.2, -0.15) is 0 Å². The summed E-state index contributed by atoms with van der Waals surface area (Å²) in [6, 6.07) is 13.3. The van der Waals surface area contributed by atoms with Crippen molar-refractivity contribution in [2.45, 2.75) is 13.0 Å². The van der Waals surface area contributed by atoms with Crippen LogP contribution in [0.5, 0.6) is 5.75 Å². The van der Waals surface area contributed by atoms with E-state index in [-0.39, 0.29) is 5.91 Å². The molecule has 0 unspecified atom stereocenters. The van der Waals surface area contributed by atoms with Gasteiger partial charge in [0.1, 0.15) is 11.4 Å². The predicted octanol–water partition coefficient (Wildman–Crippen LogP) is 2.81. The summed E-state index contributed by atoms with van der Waals surface area (Å²) in [7, 11) is 3.41. The van der Waals surface area contributed by atoms with Crippen molar-refractivity contribution in [1.29, 1.82) is 0 Å². The number of hydrogen-bond donors (Lipinski definition) is 1. The van der Waals surface area contributed by atoms with E-state index in [1.807, 2.05) is 36.4 Å². The van der Waals surface area contributed by atoms with Crippen molar-refractivity contribution in [3.8, 4) is 5.75 Å². The molecular formula is C21H23N5O2. The Morgan fingerprint density at radius 2 is 1.79 bits per heavy atom. The fourth-order valence-corrected chi connectivity index (χ4v) is 2.63. The average Bonchev–Trinajstić information content (AvgIpc) is 2.76. The summed E-state index contributed by atoms with van der Waals surface area (Å²) in [4.78, 5) is 26.9. The standard InChI is InChI=1S/C21H23N5O2/c1-26(14-10-16-7-11-22-12-8-16)20(27)19-9-13-23-21(25-19)24-15-17-3-5-18(28-2)6-4-17/h3-9,11-13H,10,14-15H2,1-2H3,(H,23,24,25). The molecule has 0 radical (unpaired) electrons. The summed E-state index contributed by atoms with van der Waals surface area (Å²) >= 11 is 0. The van der Waals surface area contributed by atoms with E-state index in [4.69, 9.17) is 4.74 Å². The predicted molar refractivity (Wildman–Crippen MR) is 107 cm³/mol. The highest BCUT2D eigenvalue weighted by molar-refractivity contribution is 5.92. The molecule has 0 aliphatic heterocycles. The van der Waals surface area contributed by atoms with Crippen LogP contribution in [0.1, 0.15) is 21.6 Å². The Bertz CT molecular complexity index is 900. The minimum absolute atomic E-state index is 0.135. The third-order valence-corrected chi connectivity index (χ3v) is 4.32. The van der Waals surface area contributed by atoms with Gasteiger partial charge >= 0.3 is 0 Å². The van der Waals surface area contributed by atoms with Gasteiger partial charge in [-0.1, -0.05) is 12.1 Å². The summed E-state index contributed by atoms with van der Waals surface area (Å²) in [6.45, 7) is 1.15. The number of benzene rings is 1. The van der Waals surface area contributed by atoms with Gasteiger partial charge in [0.15, 0.2) is 0 Å². The molecule has 7 heteroatoms. The molecule has 0 saturated heterocycles. The van der Waals surface area contributed by atoms with Crippen LogP contribution in [0.15, 0.2) is 61.1 Å². The molecule has 0 saturated carbocycles. The van der Waals surface area contributed by atoms with E-state index in [0.717, 1.165) is 23.3 Å². The largest absolute Gasteiger partial charge is 0.497 e. The van der Waals surface area contributed by atoms with Gasteiger partial charge in [-0.3, -0.25) is 9.78 Å². The lowest BCUT2D eigenvalue weighted by Gasteiger charge is -2.17. The summed E-state index contributed by atoms with van der Waals surface area (Å²) in [5.41, 5.74) is 2.57. The number of carbonyl (C=O) groups excluding carboxylic acids is 1. The van der Waals surface area contributed by atoms with Crippen molar-refractivity contribution in [2.24, 2.45) is 0 Å². The van der Waals surface area contributed by atoms with Gasteiger partial charge in [0.25, 0.3) is 5.91 Å². The second-order valence-corrected chi connectivity index (χ2v) is 6.30. The fourth-order valence-electron chi connectivity index (χ4n) is 2.63. The van der Waals surface area contributed by atoms with Crippen LogP contribution in [0.3, 0.4) is 0 Å². The molecule has 0 atom stereocenters. The molecule has 0 fully saturated rings. The lowest BCUT2D eigenvalue weighted by molar-refractivity contribution is 0.0791. The second kappa shape index (κ2) is 9.45. The number of nitrogens with zero attached hydrogens (tertiary/aromatic N) is 4. The Balaban J connectivity index is 1.57. The Morgan fingerprint density at radius 1 is 1.04 bits per heavy atom. The minimum atomic E-state index is -0.135. The Kier molecular flexibility index (Phi) is 6.51. The van der Waals surface area contributed by atoms with Crippen LogP contribution in [-0.4, -0.2) is 46.5 Å². The number of nitrogens with one attached hydrogen (secondary N) is 1. The first-order valence-corrected chi connectivity index (χ1v) is 9.00. The van der Waals surface area contributed by atoms with Gasteiger partial charge in [-0.15, -0.1) is 0 Å². The SMILES string of the molecule is COc1ccc(CNc2nccc(C(=O)N(C)CCc3ccncc3)n2)cc1. The highest BCUT2D eigenvalue weighted by Crippen LogP contribution is 2.12. The number of carbonyl (C=O) groups is 1. The van der Waals surface area contributed by atoms with Gasteiger partial charge in [0.2, 0.25) is 5.95 Å². The van der Waals surface area contributed by atoms with Crippen molar-refractivity contribution < 1.29 is 9.53 Å². The molecule has 1 amide bonds. The maximum absolute atomic E-state index is 12.6. The number of rotatable bonds is 8. The molecule has 3 rings (SSSR count). The quantitative estimate of drug-likeness (QED) is 0.650. The van der Waals surface area contributed by atoms with Gasteiger partial charge in [0, 0.05) is 38.7 Å². The lowest BCUT2D eigenvalue weighted by atomic mass is 10.2. The molecule has 3 aromatic rings. The second-order valence-electron chi connectivity index (χ2n) is 6.30. The zero-order chi connectivity index (χ0) is 19.8. The van der Waals surface area contributed by atoms with Gasteiger partial charge in [0.05, 0.1) is 7.11 Å². The van der Waals surface area contributed by atoms with Crippen molar-refractivity contribution in [2.75, 3.05) is 26.0 Å². The van der Waals surface area contributed by atoms with Crippen LogP contribution in [0.4, 0.5) is 5.95 Å². The van der Waals surface area contributed by atoms with Gasteiger partial charge < -0.3 is 15.0 Å². The molecular weight excluding hydrogens is 354 g/mol. The molecule has 7 nitrogen and oxygen atoms in total. The number of pyridine rings is 1.